The zero-order valence-corrected chi connectivity index (χ0v) is 13.6. The number of benzene rings is 1. The van der Waals surface area contributed by atoms with Crippen LogP contribution in [0.2, 0.25) is 4.34 Å². The fraction of sp³-hybridized carbons (Fsp3) is 0.286. The molecule has 0 aliphatic carbocycles. The molecule has 0 radical (unpaired) electrons. The summed E-state index contributed by atoms with van der Waals surface area (Å²) in [6, 6.07) is 10.6. The molecular formula is C14H15ClN2O2S2. The Morgan fingerprint density at radius 2 is 1.81 bits per heavy atom. The Morgan fingerprint density at radius 1 is 1.10 bits per heavy atom. The zero-order chi connectivity index (χ0) is 14.9. The molecule has 2 aromatic rings. The van der Waals surface area contributed by atoms with Crippen LogP contribution in [0.3, 0.4) is 0 Å². The molecule has 112 valence electrons. The van der Waals surface area contributed by atoms with E-state index in [9.17, 15) is 8.42 Å². The van der Waals surface area contributed by atoms with Gasteiger partial charge in [-0.05, 0) is 37.1 Å². The predicted octanol–water partition coefficient (Wildman–Crippen LogP) is 3.80. The molecule has 1 aliphatic heterocycles. The number of nitrogens with zero attached hydrogens (tertiary/aromatic N) is 1. The van der Waals surface area contributed by atoms with Crippen LogP contribution in [0, 0.1) is 0 Å². The summed E-state index contributed by atoms with van der Waals surface area (Å²) in [6.45, 7) is 1.92. The van der Waals surface area contributed by atoms with Crippen molar-refractivity contribution in [2.45, 2.75) is 17.1 Å². The van der Waals surface area contributed by atoms with Crippen molar-refractivity contribution in [3.05, 3.63) is 40.7 Å². The van der Waals surface area contributed by atoms with Gasteiger partial charge in [0.05, 0.1) is 15.7 Å². The van der Waals surface area contributed by atoms with E-state index in [-0.39, 0.29) is 4.21 Å². The average molecular weight is 343 g/mol. The molecule has 21 heavy (non-hydrogen) atoms. The maximum atomic E-state index is 12.4. The minimum atomic E-state index is -3.59. The van der Waals surface area contributed by atoms with Gasteiger partial charge in [-0.15, -0.1) is 11.3 Å². The Kier molecular flexibility index (Phi) is 4.10. The van der Waals surface area contributed by atoms with Crippen molar-refractivity contribution in [2.75, 3.05) is 22.7 Å². The molecule has 7 heteroatoms. The van der Waals surface area contributed by atoms with Gasteiger partial charge in [0.15, 0.2) is 0 Å². The third-order valence-electron chi connectivity index (χ3n) is 3.41. The van der Waals surface area contributed by atoms with Crippen molar-refractivity contribution >= 4 is 44.3 Å². The summed E-state index contributed by atoms with van der Waals surface area (Å²) >= 11 is 6.88. The monoisotopic (exact) mass is 342 g/mol. The van der Waals surface area contributed by atoms with Gasteiger partial charge in [0.2, 0.25) is 0 Å². The molecule has 0 spiro atoms. The first-order valence-corrected chi connectivity index (χ1v) is 9.36. The first kappa shape index (κ1) is 14.7. The molecular weight excluding hydrogens is 328 g/mol. The van der Waals surface area contributed by atoms with E-state index in [0.29, 0.717) is 10.0 Å². The summed E-state index contributed by atoms with van der Waals surface area (Å²) in [5.74, 6) is 0. The summed E-state index contributed by atoms with van der Waals surface area (Å²) < 4.78 is 28.2. The molecule has 1 N–H and O–H groups in total. The van der Waals surface area contributed by atoms with Crippen molar-refractivity contribution in [2.24, 2.45) is 0 Å². The highest BCUT2D eigenvalue weighted by Gasteiger charge is 2.21. The van der Waals surface area contributed by atoms with Crippen LogP contribution >= 0.6 is 22.9 Å². The third kappa shape index (κ3) is 3.17. The summed E-state index contributed by atoms with van der Waals surface area (Å²) in [5, 5.41) is 0. The smallest absolute Gasteiger partial charge is 0.271 e. The van der Waals surface area contributed by atoms with Crippen LogP contribution in [0.15, 0.2) is 40.6 Å². The van der Waals surface area contributed by atoms with Crippen LogP contribution in [0.4, 0.5) is 11.4 Å². The molecule has 1 aliphatic rings. The van der Waals surface area contributed by atoms with Crippen LogP contribution in [0.5, 0.6) is 0 Å². The Balaban J connectivity index is 1.91. The van der Waals surface area contributed by atoms with E-state index in [1.165, 1.54) is 6.07 Å². The van der Waals surface area contributed by atoms with Crippen molar-refractivity contribution < 1.29 is 8.42 Å². The number of halogens is 1. The molecule has 1 fully saturated rings. The fourth-order valence-electron chi connectivity index (χ4n) is 2.43. The molecule has 0 amide bonds. The van der Waals surface area contributed by atoms with Gasteiger partial charge in [-0.1, -0.05) is 23.7 Å². The molecule has 0 atom stereocenters. The lowest BCUT2D eigenvalue weighted by atomic mass is 10.2. The second kappa shape index (κ2) is 5.87. The van der Waals surface area contributed by atoms with Crippen molar-refractivity contribution in [1.29, 1.82) is 0 Å². The maximum absolute atomic E-state index is 12.4. The minimum Gasteiger partial charge on any atom is -0.370 e. The Morgan fingerprint density at radius 3 is 2.48 bits per heavy atom. The van der Waals surface area contributed by atoms with Gasteiger partial charge in [0.25, 0.3) is 10.0 Å². The van der Waals surface area contributed by atoms with E-state index in [0.717, 1.165) is 43.0 Å². The summed E-state index contributed by atoms with van der Waals surface area (Å²) in [5.41, 5.74) is 1.55. The lowest BCUT2D eigenvalue weighted by molar-refractivity contribution is 0.603. The summed E-state index contributed by atoms with van der Waals surface area (Å²) in [6.07, 6.45) is 2.28. The first-order chi connectivity index (χ1) is 10.1. The summed E-state index contributed by atoms with van der Waals surface area (Å²) in [7, 11) is -3.59. The normalized spacial score (nSPS) is 15.4. The average Bonchev–Trinajstić information content (AvgIpc) is 3.10. The minimum absolute atomic E-state index is 0.226. The molecule has 1 aromatic carbocycles. The lowest BCUT2D eigenvalue weighted by Gasteiger charge is -2.21. The van der Waals surface area contributed by atoms with Gasteiger partial charge in [-0.25, -0.2) is 8.42 Å². The molecule has 2 heterocycles. The first-order valence-electron chi connectivity index (χ1n) is 6.68. The Hall–Kier alpha value is -1.24. The van der Waals surface area contributed by atoms with Crippen molar-refractivity contribution in [1.82, 2.24) is 0 Å². The number of nitrogens with one attached hydrogen (secondary N) is 1. The molecule has 4 nitrogen and oxygen atoms in total. The molecule has 3 rings (SSSR count). The number of rotatable bonds is 4. The largest absolute Gasteiger partial charge is 0.370 e. The second-order valence-corrected chi connectivity index (χ2v) is 8.50. The van der Waals surface area contributed by atoms with E-state index in [1.807, 2.05) is 18.2 Å². The number of sulfonamides is 1. The molecule has 0 unspecified atom stereocenters. The Bertz CT molecular complexity index is 737. The van der Waals surface area contributed by atoms with E-state index >= 15 is 0 Å². The molecule has 0 saturated carbocycles. The van der Waals surface area contributed by atoms with Crippen LogP contribution in [-0.4, -0.2) is 21.5 Å². The zero-order valence-electron chi connectivity index (χ0n) is 11.3. The number of thiophene rings is 1. The van der Waals surface area contributed by atoms with Crippen LogP contribution in [-0.2, 0) is 10.0 Å². The third-order valence-corrected chi connectivity index (χ3v) is 6.50. The van der Waals surface area contributed by atoms with Gasteiger partial charge in [0.1, 0.15) is 4.21 Å². The van der Waals surface area contributed by atoms with Gasteiger partial charge in [0, 0.05) is 13.1 Å². The van der Waals surface area contributed by atoms with Crippen molar-refractivity contribution in [3.63, 3.8) is 0 Å². The topological polar surface area (TPSA) is 49.4 Å². The second-order valence-electron chi connectivity index (χ2n) is 4.88. The van der Waals surface area contributed by atoms with Crippen LogP contribution in [0.1, 0.15) is 12.8 Å². The molecule has 1 aromatic heterocycles. The van der Waals surface area contributed by atoms with E-state index in [1.54, 1.807) is 12.1 Å². The van der Waals surface area contributed by atoms with Gasteiger partial charge < -0.3 is 4.90 Å². The number of hydrogen-bond acceptors (Lipinski definition) is 4. The van der Waals surface area contributed by atoms with Crippen molar-refractivity contribution in [3.8, 4) is 0 Å². The predicted molar refractivity (Wildman–Crippen MR) is 88.0 cm³/mol. The Labute approximate surface area is 133 Å². The number of para-hydroxylation sites is 2. The molecule has 0 bridgehead atoms. The number of hydrogen-bond donors (Lipinski definition) is 1. The fourth-order valence-corrected chi connectivity index (χ4v) is 4.99. The highest BCUT2D eigenvalue weighted by atomic mass is 35.5. The van der Waals surface area contributed by atoms with Crippen LogP contribution < -0.4 is 9.62 Å². The van der Waals surface area contributed by atoms with Gasteiger partial charge >= 0.3 is 0 Å². The maximum Gasteiger partial charge on any atom is 0.271 e. The van der Waals surface area contributed by atoms with Gasteiger partial charge in [-0.3, -0.25) is 4.72 Å². The van der Waals surface area contributed by atoms with E-state index in [2.05, 4.69) is 9.62 Å². The SMILES string of the molecule is O=S(=O)(Nc1ccccc1N1CCCC1)c1ccc(Cl)s1. The number of anilines is 2. The van der Waals surface area contributed by atoms with Crippen LogP contribution in [0.25, 0.3) is 0 Å². The van der Waals surface area contributed by atoms with Gasteiger partial charge in [-0.2, -0.15) is 0 Å². The molecule has 1 saturated heterocycles. The quantitative estimate of drug-likeness (QED) is 0.919. The lowest BCUT2D eigenvalue weighted by Crippen LogP contribution is -2.21. The standard InChI is InChI=1S/C14H15ClN2O2S2/c15-13-7-8-14(20-13)21(18,19)16-11-5-1-2-6-12(11)17-9-3-4-10-17/h1-2,5-8,16H,3-4,9-10H2. The highest BCUT2D eigenvalue weighted by Crippen LogP contribution is 2.32. The highest BCUT2D eigenvalue weighted by molar-refractivity contribution is 7.94. The summed E-state index contributed by atoms with van der Waals surface area (Å²) in [4.78, 5) is 2.21. The van der Waals surface area contributed by atoms with E-state index in [4.69, 9.17) is 11.6 Å². The van der Waals surface area contributed by atoms with E-state index < -0.39 is 10.0 Å².